The van der Waals surface area contributed by atoms with E-state index in [-0.39, 0.29) is 0 Å². The van der Waals surface area contributed by atoms with Crippen LogP contribution in [0.4, 0.5) is 0 Å². The number of carbonyl (C=O) groups is 1. The van der Waals surface area contributed by atoms with Crippen molar-refractivity contribution in [2.24, 2.45) is 0 Å². The van der Waals surface area contributed by atoms with Gasteiger partial charge in [0.05, 0.1) is 11.3 Å². The van der Waals surface area contributed by atoms with E-state index in [0.29, 0.717) is 11.3 Å². The minimum atomic E-state index is -0.911. The lowest BCUT2D eigenvalue weighted by molar-refractivity contribution is 0.0698. The molecule has 0 radical (unpaired) electrons. The van der Waals surface area contributed by atoms with Gasteiger partial charge in [-0.15, -0.1) is 0 Å². The number of aromatic carboxylic acids is 1. The molecule has 0 aliphatic carbocycles. The number of hydrogen-bond acceptors (Lipinski definition) is 1. The summed E-state index contributed by atoms with van der Waals surface area (Å²) in [5, 5.41) is 9.55. The van der Waals surface area contributed by atoms with E-state index in [4.69, 9.17) is 0 Å². The topological polar surface area (TPSA) is 42.2 Å². The first-order valence-corrected chi connectivity index (χ1v) is 7.93. The normalized spacial score (nSPS) is 10.6. The minimum Gasteiger partial charge on any atom is -0.478 e. The molecule has 4 heteroatoms. The van der Waals surface area contributed by atoms with Gasteiger partial charge >= 0.3 is 5.97 Å². The highest BCUT2D eigenvalue weighted by atomic mass is 127. The molecule has 3 aromatic rings. The van der Waals surface area contributed by atoms with E-state index < -0.39 is 5.97 Å². The van der Waals surface area contributed by atoms with Crippen LogP contribution in [0.15, 0.2) is 60.7 Å². The van der Waals surface area contributed by atoms with Crippen molar-refractivity contribution in [1.82, 2.24) is 4.57 Å². The molecule has 0 spiro atoms. The summed E-state index contributed by atoms with van der Waals surface area (Å²) in [7, 11) is 0. The van der Waals surface area contributed by atoms with Crippen LogP contribution in [0, 0.1) is 10.5 Å². The molecule has 0 amide bonds. The molecule has 0 saturated heterocycles. The molecule has 0 aliphatic heterocycles. The summed E-state index contributed by atoms with van der Waals surface area (Å²) in [6.07, 6.45) is 0. The van der Waals surface area contributed by atoms with E-state index in [0.717, 1.165) is 20.5 Å². The zero-order valence-corrected chi connectivity index (χ0v) is 14.1. The zero-order chi connectivity index (χ0) is 15.7. The third kappa shape index (κ3) is 2.66. The standard InChI is InChI=1S/C18H14INO2/c1-12-10-16(18(21)22)17(13-6-3-2-4-7-13)20(12)15-9-5-8-14(19)11-15/h2-11H,1H3,(H,21,22). The predicted octanol–water partition coefficient (Wildman–Crippen LogP) is 4.76. The van der Waals surface area contributed by atoms with Gasteiger partial charge in [-0.2, -0.15) is 0 Å². The Morgan fingerprint density at radius 2 is 1.77 bits per heavy atom. The first-order chi connectivity index (χ1) is 10.6. The minimum absolute atomic E-state index is 0.322. The molecule has 0 bridgehead atoms. The van der Waals surface area contributed by atoms with Gasteiger partial charge < -0.3 is 9.67 Å². The fourth-order valence-electron chi connectivity index (χ4n) is 2.63. The smallest absolute Gasteiger partial charge is 0.337 e. The SMILES string of the molecule is Cc1cc(C(=O)O)c(-c2ccccc2)n1-c1cccc(I)c1. The summed E-state index contributed by atoms with van der Waals surface area (Å²) in [6, 6.07) is 19.4. The maximum Gasteiger partial charge on any atom is 0.337 e. The lowest BCUT2D eigenvalue weighted by Crippen LogP contribution is -2.03. The molecule has 0 aliphatic rings. The molecule has 3 nitrogen and oxygen atoms in total. The fourth-order valence-corrected chi connectivity index (χ4v) is 3.16. The highest BCUT2D eigenvalue weighted by Gasteiger charge is 2.20. The molecule has 3 rings (SSSR count). The van der Waals surface area contributed by atoms with E-state index in [2.05, 4.69) is 22.6 Å². The molecule has 0 unspecified atom stereocenters. The van der Waals surface area contributed by atoms with E-state index in [9.17, 15) is 9.90 Å². The largest absolute Gasteiger partial charge is 0.478 e. The van der Waals surface area contributed by atoms with Crippen LogP contribution in [-0.2, 0) is 0 Å². The first-order valence-electron chi connectivity index (χ1n) is 6.85. The summed E-state index contributed by atoms with van der Waals surface area (Å²) in [6.45, 7) is 1.93. The van der Waals surface area contributed by atoms with Gasteiger partial charge in [0.15, 0.2) is 0 Å². The average Bonchev–Trinajstić information content (AvgIpc) is 2.86. The molecule has 1 heterocycles. The van der Waals surface area contributed by atoms with Crippen molar-refractivity contribution < 1.29 is 9.90 Å². The number of aromatic nitrogens is 1. The summed E-state index contributed by atoms with van der Waals surface area (Å²) in [4.78, 5) is 11.6. The molecule has 1 N–H and O–H groups in total. The van der Waals surface area contributed by atoms with Gasteiger partial charge in [0, 0.05) is 15.0 Å². The second kappa shape index (κ2) is 5.96. The molecular weight excluding hydrogens is 389 g/mol. The van der Waals surface area contributed by atoms with E-state index in [1.54, 1.807) is 6.07 Å². The van der Waals surface area contributed by atoms with Crippen LogP contribution in [0.2, 0.25) is 0 Å². The van der Waals surface area contributed by atoms with Crippen molar-refractivity contribution in [3.8, 4) is 16.9 Å². The molecule has 22 heavy (non-hydrogen) atoms. The van der Waals surface area contributed by atoms with Crippen molar-refractivity contribution in [2.75, 3.05) is 0 Å². The van der Waals surface area contributed by atoms with Gasteiger partial charge in [0.25, 0.3) is 0 Å². The molecule has 1 aromatic heterocycles. The summed E-state index contributed by atoms with van der Waals surface area (Å²) >= 11 is 2.26. The summed E-state index contributed by atoms with van der Waals surface area (Å²) in [5.74, 6) is -0.911. The average molecular weight is 403 g/mol. The van der Waals surface area contributed by atoms with E-state index in [1.807, 2.05) is 66.1 Å². The Hall–Kier alpha value is -2.08. The van der Waals surface area contributed by atoms with Crippen LogP contribution in [0.5, 0.6) is 0 Å². The van der Waals surface area contributed by atoms with Crippen molar-refractivity contribution in [2.45, 2.75) is 6.92 Å². The van der Waals surface area contributed by atoms with E-state index >= 15 is 0 Å². The third-order valence-electron chi connectivity index (χ3n) is 3.53. The van der Waals surface area contributed by atoms with Gasteiger partial charge in [-0.3, -0.25) is 0 Å². The summed E-state index contributed by atoms with van der Waals surface area (Å²) in [5.41, 5.74) is 3.80. The monoisotopic (exact) mass is 403 g/mol. The lowest BCUT2D eigenvalue weighted by atomic mass is 10.1. The van der Waals surface area contributed by atoms with Gasteiger partial charge in [0.1, 0.15) is 0 Å². The summed E-state index contributed by atoms with van der Waals surface area (Å²) < 4.78 is 3.11. The Labute approximate surface area is 142 Å². The van der Waals surface area contributed by atoms with Gasteiger partial charge in [0.2, 0.25) is 0 Å². The Morgan fingerprint density at radius 3 is 2.41 bits per heavy atom. The van der Waals surface area contributed by atoms with Crippen LogP contribution >= 0.6 is 22.6 Å². The molecule has 0 fully saturated rings. The second-order valence-corrected chi connectivity index (χ2v) is 6.28. The number of carboxylic acid groups (broad SMARTS) is 1. The van der Waals surface area contributed by atoms with Crippen molar-refractivity contribution in [3.63, 3.8) is 0 Å². The van der Waals surface area contributed by atoms with E-state index in [1.165, 1.54) is 0 Å². The van der Waals surface area contributed by atoms with Gasteiger partial charge in [-0.05, 0) is 59.3 Å². The van der Waals surface area contributed by atoms with Crippen LogP contribution < -0.4 is 0 Å². The number of hydrogen-bond donors (Lipinski definition) is 1. The molecule has 0 saturated carbocycles. The van der Waals surface area contributed by atoms with Crippen molar-refractivity contribution in [3.05, 3.63) is 75.5 Å². The molecule has 110 valence electrons. The Kier molecular flexibility index (Phi) is 4.02. The third-order valence-corrected chi connectivity index (χ3v) is 4.20. The Morgan fingerprint density at radius 1 is 1.05 bits per heavy atom. The Balaban J connectivity index is 2.33. The second-order valence-electron chi connectivity index (χ2n) is 5.03. The number of carboxylic acids is 1. The van der Waals surface area contributed by atoms with Gasteiger partial charge in [-0.25, -0.2) is 4.79 Å². The number of aryl methyl sites for hydroxylation is 1. The molecule has 2 aromatic carbocycles. The highest BCUT2D eigenvalue weighted by molar-refractivity contribution is 14.1. The van der Waals surface area contributed by atoms with Crippen LogP contribution in [0.1, 0.15) is 16.1 Å². The Bertz CT molecular complexity index is 838. The first kappa shape index (κ1) is 14.8. The zero-order valence-electron chi connectivity index (χ0n) is 12.0. The maximum atomic E-state index is 11.6. The number of rotatable bonds is 3. The number of nitrogens with zero attached hydrogens (tertiary/aromatic N) is 1. The number of benzene rings is 2. The highest BCUT2D eigenvalue weighted by Crippen LogP contribution is 2.31. The molecule has 0 atom stereocenters. The van der Waals surface area contributed by atoms with Crippen LogP contribution in [0.3, 0.4) is 0 Å². The quantitative estimate of drug-likeness (QED) is 0.641. The predicted molar refractivity (Wildman–Crippen MR) is 95.6 cm³/mol. The van der Waals surface area contributed by atoms with Crippen LogP contribution in [-0.4, -0.2) is 15.6 Å². The van der Waals surface area contributed by atoms with Crippen molar-refractivity contribution in [1.29, 1.82) is 0 Å². The lowest BCUT2D eigenvalue weighted by Gasteiger charge is -2.13. The number of halogens is 1. The molecular formula is C18H14INO2. The van der Waals surface area contributed by atoms with Gasteiger partial charge in [-0.1, -0.05) is 36.4 Å². The van der Waals surface area contributed by atoms with Crippen molar-refractivity contribution >= 4 is 28.6 Å². The van der Waals surface area contributed by atoms with Crippen LogP contribution in [0.25, 0.3) is 16.9 Å². The maximum absolute atomic E-state index is 11.6. The fraction of sp³-hybridized carbons (Fsp3) is 0.0556.